The van der Waals surface area contributed by atoms with Crippen LogP contribution in [-0.4, -0.2) is 21.1 Å². The van der Waals surface area contributed by atoms with Crippen molar-refractivity contribution >= 4 is 11.6 Å². The van der Waals surface area contributed by atoms with Crippen LogP contribution in [0.4, 0.5) is 0 Å². The SMILES string of the molecule is CCn1cncc1C(=O)C(C)CC(C)=O. The first kappa shape index (κ1) is 11.6. The van der Waals surface area contributed by atoms with Gasteiger partial charge in [-0.2, -0.15) is 0 Å². The van der Waals surface area contributed by atoms with Crippen molar-refractivity contribution in [2.75, 3.05) is 0 Å². The Morgan fingerprint density at radius 3 is 2.73 bits per heavy atom. The average Bonchev–Trinajstić information content (AvgIpc) is 2.62. The highest BCUT2D eigenvalue weighted by atomic mass is 16.1. The van der Waals surface area contributed by atoms with Gasteiger partial charge in [0.2, 0.25) is 0 Å². The van der Waals surface area contributed by atoms with Crippen LogP contribution in [0.1, 0.15) is 37.7 Å². The van der Waals surface area contributed by atoms with Crippen molar-refractivity contribution in [1.29, 1.82) is 0 Å². The monoisotopic (exact) mass is 208 g/mol. The van der Waals surface area contributed by atoms with E-state index in [0.717, 1.165) is 0 Å². The Bertz CT molecular complexity index is 368. The molecule has 0 aliphatic carbocycles. The topological polar surface area (TPSA) is 52.0 Å². The van der Waals surface area contributed by atoms with E-state index in [-0.39, 0.29) is 17.5 Å². The van der Waals surface area contributed by atoms with Gasteiger partial charge in [-0.25, -0.2) is 4.98 Å². The Balaban J connectivity index is 2.80. The van der Waals surface area contributed by atoms with Crippen LogP contribution in [-0.2, 0) is 11.3 Å². The molecule has 1 aromatic rings. The number of hydrogen-bond acceptors (Lipinski definition) is 3. The van der Waals surface area contributed by atoms with Crippen LogP contribution in [0.15, 0.2) is 12.5 Å². The van der Waals surface area contributed by atoms with E-state index < -0.39 is 0 Å². The number of ketones is 2. The second kappa shape index (κ2) is 4.87. The molecule has 82 valence electrons. The third kappa shape index (κ3) is 2.75. The number of hydrogen-bond donors (Lipinski definition) is 0. The number of rotatable bonds is 5. The van der Waals surface area contributed by atoms with Crippen LogP contribution in [0.25, 0.3) is 0 Å². The van der Waals surface area contributed by atoms with Crippen molar-refractivity contribution < 1.29 is 9.59 Å². The van der Waals surface area contributed by atoms with E-state index in [1.807, 2.05) is 6.92 Å². The molecule has 1 atom stereocenters. The van der Waals surface area contributed by atoms with Crippen LogP contribution in [0.2, 0.25) is 0 Å². The quantitative estimate of drug-likeness (QED) is 0.692. The molecule has 1 aromatic heterocycles. The predicted molar refractivity (Wildman–Crippen MR) is 56.7 cm³/mol. The third-order valence-electron chi connectivity index (χ3n) is 2.35. The minimum absolute atomic E-state index is 0.00968. The molecule has 0 fully saturated rings. The van der Waals surface area contributed by atoms with Crippen LogP contribution in [0, 0.1) is 5.92 Å². The summed E-state index contributed by atoms with van der Waals surface area (Å²) in [7, 11) is 0. The maximum Gasteiger partial charge on any atom is 0.184 e. The maximum atomic E-state index is 11.9. The Morgan fingerprint density at radius 2 is 2.20 bits per heavy atom. The molecule has 4 nitrogen and oxygen atoms in total. The van der Waals surface area contributed by atoms with Gasteiger partial charge in [0.15, 0.2) is 5.78 Å². The molecule has 0 spiro atoms. The zero-order chi connectivity index (χ0) is 11.4. The first-order valence-electron chi connectivity index (χ1n) is 5.10. The Morgan fingerprint density at radius 1 is 1.53 bits per heavy atom. The van der Waals surface area contributed by atoms with Crippen molar-refractivity contribution in [2.24, 2.45) is 5.92 Å². The first-order chi connectivity index (χ1) is 7.06. The summed E-state index contributed by atoms with van der Waals surface area (Å²) in [5.74, 6) is -0.229. The Labute approximate surface area is 89.3 Å². The molecule has 0 amide bonds. The van der Waals surface area contributed by atoms with Crippen LogP contribution < -0.4 is 0 Å². The first-order valence-corrected chi connectivity index (χ1v) is 5.10. The summed E-state index contributed by atoms with van der Waals surface area (Å²) in [6.07, 6.45) is 3.49. The van der Waals surface area contributed by atoms with Gasteiger partial charge in [0.05, 0.1) is 12.5 Å². The van der Waals surface area contributed by atoms with Crippen molar-refractivity contribution in [3.05, 3.63) is 18.2 Å². The van der Waals surface area contributed by atoms with Gasteiger partial charge in [-0.3, -0.25) is 4.79 Å². The summed E-state index contributed by atoms with van der Waals surface area (Å²) >= 11 is 0. The maximum absolute atomic E-state index is 11.9. The molecule has 1 rings (SSSR count). The van der Waals surface area contributed by atoms with Crippen molar-refractivity contribution in [1.82, 2.24) is 9.55 Å². The molecular weight excluding hydrogens is 192 g/mol. The zero-order valence-electron chi connectivity index (χ0n) is 9.36. The van der Waals surface area contributed by atoms with E-state index in [9.17, 15) is 9.59 Å². The number of aromatic nitrogens is 2. The van der Waals surface area contributed by atoms with Gasteiger partial charge >= 0.3 is 0 Å². The number of aryl methyl sites for hydroxylation is 1. The molecule has 0 N–H and O–H groups in total. The standard InChI is InChI=1S/C11H16N2O2/c1-4-13-7-12-6-10(13)11(15)8(2)5-9(3)14/h6-8H,4-5H2,1-3H3. The summed E-state index contributed by atoms with van der Waals surface area (Å²) in [4.78, 5) is 26.7. The molecule has 1 unspecified atom stereocenters. The molecule has 4 heteroatoms. The molecule has 1 heterocycles. The fourth-order valence-corrected chi connectivity index (χ4v) is 1.55. The van der Waals surface area contributed by atoms with Gasteiger partial charge in [0.25, 0.3) is 0 Å². The fourth-order valence-electron chi connectivity index (χ4n) is 1.55. The number of Topliss-reactive ketones (excluding diaryl/α,β-unsaturated/α-hetero) is 2. The molecule has 0 aromatic carbocycles. The van der Waals surface area contributed by atoms with Crippen LogP contribution in [0.3, 0.4) is 0 Å². The van der Waals surface area contributed by atoms with Crippen molar-refractivity contribution in [2.45, 2.75) is 33.7 Å². The summed E-state index contributed by atoms with van der Waals surface area (Å²) < 4.78 is 1.79. The lowest BCUT2D eigenvalue weighted by Crippen LogP contribution is -2.17. The number of carbonyl (C=O) groups is 2. The van der Waals surface area contributed by atoms with E-state index in [2.05, 4.69) is 4.98 Å². The highest BCUT2D eigenvalue weighted by Crippen LogP contribution is 2.12. The van der Waals surface area contributed by atoms with Crippen molar-refractivity contribution in [3.8, 4) is 0 Å². The minimum Gasteiger partial charge on any atom is -0.328 e. The van der Waals surface area contributed by atoms with Crippen molar-refractivity contribution in [3.63, 3.8) is 0 Å². The summed E-state index contributed by atoms with van der Waals surface area (Å²) in [5.41, 5.74) is 0.589. The second-order valence-electron chi connectivity index (χ2n) is 3.74. The van der Waals surface area contributed by atoms with E-state index in [0.29, 0.717) is 18.7 Å². The Hall–Kier alpha value is -1.45. The highest BCUT2D eigenvalue weighted by molar-refractivity contribution is 5.98. The third-order valence-corrected chi connectivity index (χ3v) is 2.35. The van der Waals surface area contributed by atoms with Gasteiger partial charge in [-0.05, 0) is 13.8 Å². The number of carbonyl (C=O) groups excluding carboxylic acids is 2. The second-order valence-corrected chi connectivity index (χ2v) is 3.74. The zero-order valence-corrected chi connectivity index (χ0v) is 9.36. The lowest BCUT2D eigenvalue weighted by atomic mass is 9.98. The molecule has 0 saturated carbocycles. The van der Waals surface area contributed by atoms with Crippen LogP contribution in [0.5, 0.6) is 0 Å². The van der Waals surface area contributed by atoms with E-state index >= 15 is 0 Å². The number of nitrogens with zero attached hydrogens (tertiary/aromatic N) is 2. The highest BCUT2D eigenvalue weighted by Gasteiger charge is 2.19. The van der Waals surface area contributed by atoms with E-state index in [4.69, 9.17) is 0 Å². The summed E-state index contributed by atoms with van der Waals surface area (Å²) in [6, 6.07) is 0. The van der Waals surface area contributed by atoms with Crippen LogP contribution >= 0.6 is 0 Å². The van der Waals surface area contributed by atoms with E-state index in [1.165, 1.54) is 6.92 Å². The molecular formula is C11H16N2O2. The Kier molecular flexibility index (Phi) is 3.77. The average molecular weight is 208 g/mol. The minimum atomic E-state index is -0.260. The van der Waals surface area contributed by atoms with Gasteiger partial charge in [-0.1, -0.05) is 6.92 Å². The normalized spacial score (nSPS) is 12.5. The molecule has 0 saturated heterocycles. The van der Waals surface area contributed by atoms with Gasteiger partial charge < -0.3 is 9.36 Å². The predicted octanol–water partition coefficient (Wildman–Crippen LogP) is 1.70. The fraction of sp³-hybridized carbons (Fsp3) is 0.545. The van der Waals surface area contributed by atoms with Gasteiger partial charge in [0, 0.05) is 18.9 Å². The molecule has 0 aliphatic rings. The lowest BCUT2D eigenvalue weighted by Gasteiger charge is -2.09. The number of imidazole rings is 1. The molecule has 0 radical (unpaired) electrons. The molecule has 0 bridgehead atoms. The molecule has 0 aliphatic heterocycles. The molecule has 15 heavy (non-hydrogen) atoms. The summed E-state index contributed by atoms with van der Waals surface area (Å²) in [5, 5.41) is 0. The largest absolute Gasteiger partial charge is 0.328 e. The van der Waals surface area contributed by atoms with Gasteiger partial charge in [0.1, 0.15) is 11.5 Å². The summed E-state index contributed by atoms with van der Waals surface area (Å²) in [6.45, 7) is 5.94. The van der Waals surface area contributed by atoms with Gasteiger partial charge in [-0.15, -0.1) is 0 Å². The lowest BCUT2D eigenvalue weighted by molar-refractivity contribution is -0.117. The smallest absolute Gasteiger partial charge is 0.184 e. The van der Waals surface area contributed by atoms with E-state index in [1.54, 1.807) is 24.0 Å².